The van der Waals surface area contributed by atoms with Crippen LogP contribution in [0.4, 0.5) is 0 Å². The molecule has 0 fully saturated rings. The summed E-state index contributed by atoms with van der Waals surface area (Å²) in [5.41, 5.74) is 4.60. The number of furan rings is 1. The van der Waals surface area contributed by atoms with Gasteiger partial charge >= 0.3 is 5.97 Å². The fourth-order valence-corrected chi connectivity index (χ4v) is 3.16. The maximum atomic E-state index is 11.8. The second-order valence-corrected chi connectivity index (χ2v) is 5.35. The molecule has 1 aliphatic carbocycles. The monoisotopic (exact) mass is 279 g/mol. The van der Waals surface area contributed by atoms with Crippen molar-refractivity contribution in [3.63, 3.8) is 0 Å². The minimum Gasteiger partial charge on any atom is -0.478 e. The summed E-state index contributed by atoms with van der Waals surface area (Å²) in [4.78, 5) is 16.5. The number of carboxylic acid groups (broad SMARTS) is 1. The Morgan fingerprint density at radius 2 is 2.14 bits per heavy atom. The van der Waals surface area contributed by atoms with Crippen LogP contribution >= 0.6 is 0 Å². The molecule has 104 valence electrons. The third-order valence-electron chi connectivity index (χ3n) is 4.13. The maximum absolute atomic E-state index is 11.8. The lowest BCUT2D eigenvalue weighted by Gasteiger charge is -2.19. The summed E-state index contributed by atoms with van der Waals surface area (Å²) in [6.07, 6.45) is 3.01. The zero-order chi connectivity index (χ0) is 14.6. The molecule has 0 saturated heterocycles. The molecule has 2 heterocycles. The highest BCUT2D eigenvalue weighted by Gasteiger charge is 2.27. The number of nitrogens with zero attached hydrogens (tertiary/aromatic N) is 1. The van der Waals surface area contributed by atoms with Crippen molar-refractivity contribution in [3.05, 3.63) is 53.0 Å². The molecular formula is C17H13NO3. The highest BCUT2D eigenvalue weighted by molar-refractivity contribution is 6.06. The molecule has 0 spiro atoms. The molecule has 0 aliphatic heterocycles. The normalized spacial score (nSPS) is 13.0. The smallest absolute Gasteiger partial charge is 0.336 e. The van der Waals surface area contributed by atoms with Gasteiger partial charge in [0.2, 0.25) is 0 Å². The highest BCUT2D eigenvalue weighted by Crippen LogP contribution is 2.37. The quantitative estimate of drug-likeness (QED) is 0.739. The van der Waals surface area contributed by atoms with Crippen LogP contribution in [0.3, 0.4) is 0 Å². The number of aromatic nitrogens is 1. The van der Waals surface area contributed by atoms with E-state index in [1.807, 2.05) is 31.2 Å². The van der Waals surface area contributed by atoms with Crippen LogP contribution in [0.2, 0.25) is 0 Å². The van der Waals surface area contributed by atoms with Crippen LogP contribution in [0.5, 0.6) is 0 Å². The van der Waals surface area contributed by atoms with Gasteiger partial charge in [-0.05, 0) is 30.5 Å². The highest BCUT2D eigenvalue weighted by atomic mass is 16.4. The summed E-state index contributed by atoms with van der Waals surface area (Å²) in [6, 6.07) is 7.54. The predicted octanol–water partition coefficient (Wildman–Crippen LogP) is 3.60. The first-order valence-corrected chi connectivity index (χ1v) is 6.89. The minimum absolute atomic E-state index is 0.380. The van der Waals surface area contributed by atoms with Gasteiger partial charge in [-0.1, -0.05) is 18.2 Å². The Bertz CT molecular complexity index is 892. The van der Waals surface area contributed by atoms with E-state index in [1.165, 1.54) is 0 Å². The molecule has 4 nitrogen and oxygen atoms in total. The van der Waals surface area contributed by atoms with Crippen molar-refractivity contribution in [3.8, 4) is 11.3 Å². The summed E-state index contributed by atoms with van der Waals surface area (Å²) in [5.74, 6) is -0.00420. The molecule has 0 saturated carbocycles. The SMILES string of the molecule is Cc1cccc2c(C(=O)O)c3c(nc12)-c1ccoc1CC3. The van der Waals surface area contributed by atoms with E-state index in [0.717, 1.165) is 33.7 Å². The topological polar surface area (TPSA) is 63.3 Å². The van der Waals surface area contributed by atoms with Crippen molar-refractivity contribution < 1.29 is 14.3 Å². The van der Waals surface area contributed by atoms with E-state index in [4.69, 9.17) is 9.40 Å². The second kappa shape index (κ2) is 4.19. The van der Waals surface area contributed by atoms with Gasteiger partial charge in [-0.15, -0.1) is 0 Å². The number of carboxylic acids is 1. The van der Waals surface area contributed by atoms with Gasteiger partial charge in [0, 0.05) is 17.4 Å². The predicted molar refractivity (Wildman–Crippen MR) is 78.5 cm³/mol. The molecule has 0 bridgehead atoms. The molecule has 3 aromatic rings. The molecular weight excluding hydrogens is 266 g/mol. The number of hydrogen-bond acceptors (Lipinski definition) is 3. The fourth-order valence-electron chi connectivity index (χ4n) is 3.16. The van der Waals surface area contributed by atoms with Crippen molar-refractivity contribution in [1.29, 1.82) is 0 Å². The molecule has 21 heavy (non-hydrogen) atoms. The molecule has 1 aliphatic rings. The summed E-state index contributed by atoms with van der Waals surface area (Å²) < 4.78 is 5.47. The van der Waals surface area contributed by atoms with Gasteiger partial charge in [0.1, 0.15) is 5.76 Å². The Balaban J connectivity index is 2.19. The van der Waals surface area contributed by atoms with Gasteiger partial charge in [0.15, 0.2) is 0 Å². The van der Waals surface area contributed by atoms with Crippen LogP contribution in [0.25, 0.3) is 22.2 Å². The van der Waals surface area contributed by atoms with E-state index < -0.39 is 5.97 Å². The van der Waals surface area contributed by atoms with Crippen LogP contribution in [0.15, 0.2) is 34.9 Å². The van der Waals surface area contributed by atoms with Crippen LogP contribution < -0.4 is 0 Å². The Morgan fingerprint density at radius 3 is 2.95 bits per heavy atom. The fraction of sp³-hybridized carbons (Fsp3) is 0.176. The molecule has 0 radical (unpaired) electrons. The average Bonchev–Trinajstić information content (AvgIpc) is 2.94. The molecule has 1 aromatic carbocycles. The maximum Gasteiger partial charge on any atom is 0.336 e. The van der Waals surface area contributed by atoms with Crippen LogP contribution in [-0.2, 0) is 12.8 Å². The van der Waals surface area contributed by atoms with Crippen LogP contribution in [0.1, 0.15) is 27.2 Å². The van der Waals surface area contributed by atoms with E-state index in [0.29, 0.717) is 23.8 Å². The van der Waals surface area contributed by atoms with E-state index in [-0.39, 0.29) is 0 Å². The molecule has 2 aromatic heterocycles. The van der Waals surface area contributed by atoms with Gasteiger partial charge in [-0.2, -0.15) is 0 Å². The Kier molecular flexibility index (Phi) is 2.42. The number of benzene rings is 1. The summed E-state index contributed by atoms with van der Waals surface area (Å²) in [7, 11) is 0. The summed E-state index contributed by atoms with van der Waals surface area (Å²) in [5, 5.41) is 10.4. The third-order valence-corrected chi connectivity index (χ3v) is 4.13. The van der Waals surface area contributed by atoms with Gasteiger partial charge in [-0.3, -0.25) is 0 Å². The summed E-state index contributed by atoms with van der Waals surface area (Å²) in [6.45, 7) is 1.95. The Labute approximate surface area is 121 Å². The lowest BCUT2D eigenvalue weighted by atomic mass is 9.88. The van der Waals surface area contributed by atoms with Gasteiger partial charge in [0.25, 0.3) is 0 Å². The lowest BCUT2D eigenvalue weighted by molar-refractivity contribution is 0.0697. The molecule has 4 rings (SSSR count). The minimum atomic E-state index is -0.892. The summed E-state index contributed by atoms with van der Waals surface area (Å²) >= 11 is 0. The van der Waals surface area contributed by atoms with E-state index in [9.17, 15) is 9.90 Å². The molecule has 0 atom stereocenters. The van der Waals surface area contributed by atoms with E-state index >= 15 is 0 Å². The van der Waals surface area contributed by atoms with Crippen molar-refractivity contribution in [2.75, 3.05) is 0 Å². The first-order valence-electron chi connectivity index (χ1n) is 6.89. The molecule has 0 amide bonds. The zero-order valence-corrected chi connectivity index (χ0v) is 11.5. The number of para-hydroxylation sites is 1. The first-order chi connectivity index (χ1) is 10.2. The van der Waals surface area contributed by atoms with Crippen molar-refractivity contribution in [1.82, 2.24) is 4.98 Å². The second-order valence-electron chi connectivity index (χ2n) is 5.35. The van der Waals surface area contributed by atoms with Crippen molar-refractivity contribution in [2.45, 2.75) is 19.8 Å². The number of hydrogen-bond donors (Lipinski definition) is 1. The van der Waals surface area contributed by atoms with Crippen molar-refractivity contribution >= 4 is 16.9 Å². The first kappa shape index (κ1) is 12.1. The third kappa shape index (κ3) is 1.62. The van der Waals surface area contributed by atoms with E-state index in [2.05, 4.69) is 0 Å². The molecule has 0 unspecified atom stereocenters. The van der Waals surface area contributed by atoms with Crippen LogP contribution in [0, 0.1) is 6.92 Å². The molecule has 4 heteroatoms. The number of aromatic carboxylic acids is 1. The van der Waals surface area contributed by atoms with Gasteiger partial charge < -0.3 is 9.52 Å². The largest absolute Gasteiger partial charge is 0.478 e. The number of aryl methyl sites for hydroxylation is 2. The van der Waals surface area contributed by atoms with Crippen molar-refractivity contribution in [2.24, 2.45) is 0 Å². The van der Waals surface area contributed by atoms with Gasteiger partial charge in [-0.25, -0.2) is 9.78 Å². The molecule has 1 N–H and O–H groups in total. The number of rotatable bonds is 1. The van der Waals surface area contributed by atoms with Crippen LogP contribution in [-0.4, -0.2) is 16.1 Å². The number of fused-ring (bicyclic) bond motifs is 4. The lowest BCUT2D eigenvalue weighted by Crippen LogP contribution is -2.12. The Morgan fingerprint density at radius 1 is 1.29 bits per heavy atom. The number of pyridine rings is 1. The van der Waals surface area contributed by atoms with Gasteiger partial charge in [0.05, 0.1) is 23.0 Å². The standard InChI is InChI=1S/C17H13NO3/c1-9-3-2-4-11-14(17(19)20)12-5-6-13-10(7-8-21-13)16(12)18-15(9)11/h2-4,7-8H,5-6H2,1H3,(H,19,20). The zero-order valence-electron chi connectivity index (χ0n) is 11.5. The van der Waals surface area contributed by atoms with E-state index in [1.54, 1.807) is 6.26 Å². The number of carbonyl (C=O) groups is 1. The average molecular weight is 279 g/mol. The Hall–Kier alpha value is -2.62.